The van der Waals surface area contributed by atoms with Crippen LogP contribution in [0.25, 0.3) is 0 Å². The van der Waals surface area contributed by atoms with Gasteiger partial charge in [0.1, 0.15) is 29.3 Å². The Kier molecular flexibility index (Phi) is 11.8. The van der Waals surface area contributed by atoms with Crippen LogP contribution in [0.15, 0.2) is 60.7 Å². The van der Waals surface area contributed by atoms with Crippen molar-refractivity contribution >= 4 is 36.5 Å². The molecule has 10 heteroatoms. The van der Waals surface area contributed by atoms with Gasteiger partial charge in [0, 0.05) is 18.2 Å². The second kappa shape index (κ2) is 14.6. The summed E-state index contributed by atoms with van der Waals surface area (Å²) in [7, 11) is 0. The molecule has 0 aromatic heterocycles. The highest BCUT2D eigenvalue weighted by Crippen LogP contribution is 2.23. The summed E-state index contributed by atoms with van der Waals surface area (Å²) in [4.78, 5) is 54.0. The monoisotopic (exact) mass is 581 g/mol. The van der Waals surface area contributed by atoms with E-state index in [1.54, 1.807) is 71.9 Å². The van der Waals surface area contributed by atoms with Crippen LogP contribution < -0.4 is 10.6 Å². The first kappa shape index (κ1) is 33.2. The van der Waals surface area contributed by atoms with E-state index < -0.39 is 53.2 Å². The van der Waals surface area contributed by atoms with Gasteiger partial charge in [-0.1, -0.05) is 67.1 Å². The van der Waals surface area contributed by atoms with Gasteiger partial charge in [-0.3, -0.25) is 14.5 Å². The van der Waals surface area contributed by atoms with Gasteiger partial charge in [0.25, 0.3) is 5.91 Å². The van der Waals surface area contributed by atoms with Crippen molar-refractivity contribution < 1.29 is 28.7 Å². The number of hydrogen-bond acceptors (Lipinski definition) is 7. The third-order valence-electron chi connectivity index (χ3n) is 5.46. The van der Waals surface area contributed by atoms with E-state index in [1.807, 2.05) is 30.3 Å². The van der Waals surface area contributed by atoms with Crippen LogP contribution in [0, 0.1) is 12.5 Å². The number of ether oxygens (including phenoxy) is 2. The molecule has 2 aromatic rings. The zero-order valence-electron chi connectivity index (χ0n) is 24.3. The molecular formula is C31H39N3O6S. The number of hydrogen-bond donors (Lipinski definition) is 3. The minimum atomic E-state index is -1.34. The number of nitrogens with zero attached hydrogens (tertiary/aromatic N) is 1. The normalized spacial score (nSPS) is 13.5. The van der Waals surface area contributed by atoms with Crippen LogP contribution in [0.3, 0.4) is 0 Å². The molecule has 0 saturated carbocycles. The van der Waals surface area contributed by atoms with E-state index in [0.29, 0.717) is 5.56 Å². The van der Waals surface area contributed by atoms with Gasteiger partial charge in [-0.2, -0.15) is 12.6 Å². The second-order valence-corrected chi connectivity index (χ2v) is 11.7. The summed E-state index contributed by atoms with van der Waals surface area (Å²) >= 11 is 4.21. The zero-order chi connectivity index (χ0) is 30.8. The fourth-order valence-electron chi connectivity index (χ4n) is 3.79. The summed E-state index contributed by atoms with van der Waals surface area (Å²) in [5, 5.41) is 5.22. The van der Waals surface area contributed by atoms with Gasteiger partial charge in [-0.05, 0) is 52.7 Å². The molecule has 0 aliphatic heterocycles. The van der Waals surface area contributed by atoms with Crippen molar-refractivity contribution in [3.05, 3.63) is 71.8 Å². The number of carbonyl (C=O) groups is 4. The summed E-state index contributed by atoms with van der Waals surface area (Å²) < 4.78 is 10.9. The van der Waals surface area contributed by atoms with Crippen LogP contribution >= 0.6 is 12.6 Å². The lowest BCUT2D eigenvalue weighted by Gasteiger charge is -2.31. The van der Waals surface area contributed by atoms with E-state index in [2.05, 4.69) is 29.3 Å². The van der Waals surface area contributed by atoms with Gasteiger partial charge >= 0.3 is 12.1 Å². The largest absolute Gasteiger partial charge is 0.458 e. The predicted molar refractivity (Wildman–Crippen MR) is 160 cm³/mol. The third kappa shape index (κ3) is 10.8. The molecule has 0 radical (unpaired) electrons. The topological polar surface area (TPSA) is 114 Å². The predicted octanol–water partition coefficient (Wildman–Crippen LogP) is 4.04. The highest BCUT2D eigenvalue weighted by Gasteiger charge is 2.37. The third-order valence-corrected chi connectivity index (χ3v) is 5.83. The van der Waals surface area contributed by atoms with Crippen molar-refractivity contribution in [3.63, 3.8) is 0 Å². The van der Waals surface area contributed by atoms with E-state index in [0.717, 1.165) is 10.5 Å². The maximum atomic E-state index is 13.9. The molecular weight excluding hydrogens is 542 g/mol. The lowest BCUT2D eigenvalue weighted by molar-refractivity contribution is -0.159. The molecule has 41 heavy (non-hydrogen) atoms. The Morgan fingerprint density at radius 2 is 1.39 bits per heavy atom. The summed E-state index contributed by atoms with van der Waals surface area (Å²) in [5.41, 5.74) is -0.415. The van der Waals surface area contributed by atoms with Gasteiger partial charge in [0.15, 0.2) is 0 Å². The fourth-order valence-corrected chi connectivity index (χ4v) is 4.04. The molecule has 0 spiro atoms. The minimum absolute atomic E-state index is 0.117. The van der Waals surface area contributed by atoms with Crippen molar-refractivity contribution in [2.75, 3.05) is 5.75 Å². The molecule has 0 aliphatic rings. The Morgan fingerprint density at radius 3 is 1.88 bits per heavy atom. The van der Waals surface area contributed by atoms with Gasteiger partial charge in [-0.25, -0.2) is 9.59 Å². The van der Waals surface area contributed by atoms with Gasteiger partial charge < -0.3 is 20.1 Å². The average molecular weight is 582 g/mol. The molecule has 3 atom stereocenters. The van der Waals surface area contributed by atoms with Crippen LogP contribution in [-0.2, 0) is 30.3 Å². The summed E-state index contributed by atoms with van der Waals surface area (Å²) in [6.07, 6.45) is 5.09. The van der Waals surface area contributed by atoms with Crippen LogP contribution in [0.5, 0.6) is 0 Å². The first-order valence-electron chi connectivity index (χ1n) is 13.2. The van der Waals surface area contributed by atoms with E-state index in [1.165, 1.54) is 0 Å². The molecule has 2 N–H and O–H groups in total. The number of benzene rings is 2. The van der Waals surface area contributed by atoms with Crippen molar-refractivity contribution in [3.8, 4) is 12.5 Å². The summed E-state index contributed by atoms with van der Waals surface area (Å²) in [5.74, 6) is -2.22. The first-order valence-corrected chi connectivity index (χ1v) is 13.8. The number of thiol groups is 1. The minimum Gasteiger partial charge on any atom is -0.458 e. The number of nitrogens with one attached hydrogen (secondary N) is 2. The van der Waals surface area contributed by atoms with Crippen LogP contribution in [0.2, 0.25) is 0 Å². The smallest absolute Gasteiger partial charge is 0.408 e. The van der Waals surface area contributed by atoms with Crippen LogP contribution in [0.4, 0.5) is 4.79 Å². The van der Waals surface area contributed by atoms with Crippen LogP contribution in [0.1, 0.15) is 58.7 Å². The molecule has 0 aliphatic carbocycles. The number of rotatable bonds is 10. The summed E-state index contributed by atoms with van der Waals surface area (Å²) in [6.45, 7) is 10.2. The van der Waals surface area contributed by atoms with Crippen molar-refractivity contribution in [1.29, 1.82) is 0 Å². The molecule has 3 unspecified atom stereocenters. The molecule has 0 heterocycles. The first-order chi connectivity index (χ1) is 19.1. The molecule has 2 aromatic carbocycles. The van der Waals surface area contributed by atoms with Gasteiger partial charge in [-0.15, -0.1) is 0 Å². The molecule has 0 fully saturated rings. The Hall–Kier alpha value is -3.97. The van der Waals surface area contributed by atoms with Gasteiger partial charge in [0.2, 0.25) is 5.91 Å². The zero-order valence-corrected chi connectivity index (χ0v) is 25.2. The maximum absolute atomic E-state index is 13.9. The van der Waals surface area contributed by atoms with Gasteiger partial charge in [0.05, 0.1) is 0 Å². The van der Waals surface area contributed by atoms with E-state index >= 15 is 0 Å². The van der Waals surface area contributed by atoms with E-state index in [4.69, 9.17) is 15.9 Å². The molecule has 0 saturated heterocycles. The number of amides is 3. The molecule has 2 rings (SSSR count). The highest BCUT2D eigenvalue weighted by molar-refractivity contribution is 7.80. The van der Waals surface area contributed by atoms with Crippen molar-refractivity contribution in [1.82, 2.24) is 15.5 Å². The quantitative estimate of drug-likeness (QED) is 0.169. The Balaban J connectivity index is 2.43. The second-order valence-electron chi connectivity index (χ2n) is 11.3. The standard InChI is InChI=1S/C31H39N3O6S/c1-8-34(27(36)24(20-41)33-29(38)40-31(5,6)7)25(22-17-13-10-14-18-22)26(35)32-23(28(37)39-30(2,3)4)19-21-15-11-9-12-16-21/h1,9-18,23-25,41H,19-20H2,2-7H3,(H,32,35)(H,33,38). The lowest BCUT2D eigenvalue weighted by atomic mass is 10.0. The van der Waals surface area contributed by atoms with Crippen molar-refractivity contribution in [2.24, 2.45) is 0 Å². The highest BCUT2D eigenvalue weighted by atomic mass is 32.1. The Labute approximate surface area is 247 Å². The molecule has 3 amide bonds. The number of esters is 1. The molecule has 0 bridgehead atoms. The lowest BCUT2D eigenvalue weighted by Crippen LogP contribution is -2.54. The van der Waals surface area contributed by atoms with E-state index in [9.17, 15) is 19.2 Å². The Morgan fingerprint density at radius 1 is 0.854 bits per heavy atom. The number of alkyl carbamates (subject to hydrolysis) is 1. The molecule has 220 valence electrons. The SMILES string of the molecule is C#CN(C(=O)C(CS)NC(=O)OC(C)(C)C)C(C(=O)NC(Cc1ccccc1)C(=O)OC(C)(C)C)c1ccccc1. The van der Waals surface area contributed by atoms with Crippen LogP contribution in [-0.4, -0.2) is 57.8 Å². The number of carbonyl (C=O) groups excluding carboxylic acids is 4. The van der Waals surface area contributed by atoms with E-state index in [-0.39, 0.29) is 12.2 Å². The molecule has 9 nitrogen and oxygen atoms in total. The Bertz CT molecular complexity index is 1230. The fraction of sp³-hybridized carbons (Fsp3) is 0.419. The number of terminal acetylenes is 1. The summed E-state index contributed by atoms with van der Waals surface area (Å²) in [6, 6.07) is 16.2. The maximum Gasteiger partial charge on any atom is 0.408 e. The average Bonchev–Trinajstić information content (AvgIpc) is 2.88. The van der Waals surface area contributed by atoms with Crippen molar-refractivity contribution in [2.45, 2.75) is 77.3 Å².